The fraction of sp³-hybridized carbons (Fsp3) is 0.0714. The summed E-state index contributed by atoms with van der Waals surface area (Å²) in [5.74, 6) is -1.26. The Balaban J connectivity index is 2.04. The summed E-state index contributed by atoms with van der Waals surface area (Å²) in [6.07, 6.45) is 0. The summed E-state index contributed by atoms with van der Waals surface area (Å²) >= 11 is 4.34. The minimum absolute atomic E-state index is 0.102. The number of Topliss-reactive ketones (excluding diaryl/α,β-unsaturated/α-hetero) is 1. The van der Waals surface area contributed by atoms with Gasteiger partial charge in [0.15, 0.2) is 5.78 Å². The van der Waals surface area contributed by atoms with Gasteiger partial charge in [-0.1, -0.05) is 28.1 Å². The predicted octanol–water partition coefficient (Wildman–Crippen LogP) is 4.70. The molecule has 0 fully saturated rings. The molecule has 2 aromatic carbocycles. The molecular formula is C14H9BrF2OS. The van der Waals surface area contributed by atoms with Crippen LogP contribution >= 0.6 is 27.7 Å². The molecule has 0 spiro atoms. The van der Waals surface area contributed by atoms with E-state index < -0.39 is 11.6 Å². The maximum absolute atomic E-state index is 13.4. The van der Waals surface area contributed by atoms with Crippen molar-refractivity contribution in [1.29, 1.82) is 0 Å². The second-order valence-corrected chi connectivity index (χ2v) is 5.73. The zero-order valence-electron chi connectivity index (χ0n) is 9.70. The second kappa shape index (κ2) is 6.30. The number of hydrogen-bond donors (Lipinski definition) is 0. The summed E-state index contributed by atoms with van der Waals surface area (Å²) < 4.78 is 26.9. The van der Waals surface area contributed by atoms with Crippen molar-refractivity contribution in [2.45, 2.75) is 4.90 Å². The van der Waals surface area contributed by atoms with Gasteiger partial charge >= 0.3 is 0 Å². The molecule has 0 unspecified atom stereocenters. The lowest BCUT2D eigenvalue weighted by molar-refractivity contribution is 0.102. The number of halogens is 3. The van der Waals surface area contributed by atoms with Crippen molar-refractivity contribution >= 4 is 33.5 Å². The molecular weight excluding hydrogens is 334 g/mol. The maximum atomic E-state index is 13.4. The van der Waals surface area contributed by atoms with E-state index in [2.05, 4.69) is 15.9 Å². The van der Waals surface area contributed by atoms with Crippen molar-refractivity contribution in [3.8, 4) is 0 Å². The van der Waals surface area contributed by atoms with E-state index >= 15 is 0 Å². The lowest BCUT2D eigenvalue weighted by atomic mass is 10.2. The zero-order chi connectivity index (χ0) is 13.8. The highest BCUT2D eigenvalue weighted by atomic mass is 79.9. The first-order chi connectivity index (χ1) is 9.06. The molecule has 0 bridgehead atoms. The number of ketones is 1. The molecule has 0 saturated carbocycles. The summed E-state index contributed by atoms with van der Waals surface area (Å²) in [6, 6.07) is 10.3. The third-order valence-corrected chi connectivity index (χ3v) is 3.94. The largest absolute Gasteiger partial charge is 0.293 e. The molecule has 2 aromatic rings. The van der Waals surface area contributed by atoms with Crippen LogP contribution in [0.5, 0.6) is 0 Å². The molecule has 0 N–H and O–H groups in total. The fourth-order valence-electron chi connectivity index (χ4n) is 1.48. The predicted molar refractivity (Wildman–Crippen MR) is 75.6 cm³/mol. The highest BCUT2D eigenvalue weighted by Gasteiger charge is 2.10. The Morgan fingerprint density at radius 2 is 1.95 bits per heavy atom. The van der Waals surface area contributed by atoms with Crippen molar-refractivity contribution in [3.05, 3.63) is 64.1 Å². The molecule has 0 amide bonds. The average Bonchev–Trinajstić information content (AvgIpc) is 2.37. The number of carbonyl (C=O) groups excluding carboxylic acids is 1. The van der Waals surface area contributed by atoms with E-state index in [-0.39, 0.29) is 16.4 Å². The third-order valence-electron chi connectivity index (χ3n) is 2.40. The van der Waals surface area contributed by atoms with Gasteiger partial charge < -0.3 is 0 Å². The summed E-state index contributed by atoms with van der Waals surface area (Å²) in [7, 11) is 0. The van der Waals surface area contributed by atoms with Crippen LogP contribution in [-0.2, 0) is 0 Å². The van der Waals surface area contributed by atoms with Gasteiger partial charge in [-0.05, 0) is 24.3 Å². The standard InChI is InChI=1S/C14H9BrF2OS/c15-10-3-1-2-9(6-10)13(18)8-19-14-5-4-11(16)7-12(14)17/h1-7H,8H2. The van der Waals surface area contributed by atoms with Crippen molar-refractivity contribution in [3.63, 3.8) is 0 Å². The van der Waals surface area contributed by atoms with Gasteiger partial charge in [-0.25, -0.2) is 8.78 Å². The summed E-state index contributed by atoms with van der Waals surface area (Å²) in [4.78, 5) is 12.2. The van der Waals surface area contributed by atoms with Crippen molar-refractivity contribution in [2.75, 3.05) is 5.75 Å². The third kappa shape index (κ3) is 3.88. The van der Waals surface area contributed by atoms with E-state index in [1.165, 1.54) is 12.1 Å². The highest BCUT2D eigenvalue weighted by Crippen LogP contribution is 2.23. The monoisotopic (exact) mass is 342 g/mol. The Morgan fingerprint density at radius 3 is 2.63 bits per heavy atom. The number of thioether (sulfide) groups is 1. The van der Waals surface area contributed by atoms with Crippen LogP contribution in [0.2, 0.25) is 0 Å². The molecule has 1 nitrogen and oxygen atoms in total. The molecule has 0 saturated heterocycles. The van der Waals surface area contributed by atoms with Crippen LogP contribution in [0.1, 0.15) is 10.4 Å². The van der Waals surface area contributed by atoms with Gasteiger partial charge in [0.2, 0.25) is 0 Å². The van der Waals surface area contributed by atoms with Gasteiger partial charge in [0.1, 0.15) is 11.6 Å². The SMILES string of the molecule is O=C(CSc1ccc(F)cc1F)c1cccc(Br)c1. The van der Waals surface area contributed by atoms with Gasteiger partial charge in [0, 0.05) is 21.0 Å². The number of hydrogen-bond acceptors (Lipinski definition) is 2. The summed E-state index contributed by atoms with van der Waals surface area (Å²) in [5.41, 5.74) is 0.560. The van der Waals surface area contributed by atoms with Crippen molar-refractivity contribution in [2.24, 2.45) is 0 Å². The first-order valence-electron chi connectivity index (χ1n) is 5.43. The highest BCUT2D eigenvalue weighted by molar-refractivity contribution is 9.10. The van der Waals surface area contributed by atoms with E-state index in [0.717, 1.165) is 22.3 Å². The van der Waals surface area contributed by atoms with Gasteiger partial charge in [-0.3, -0.25) is 4.79 Å². The summed E-state index contributed by atoms with van der Waals surface area (Å²) in [5, 5.41) is 0. The molecule has 2 rings (SSSR count). The Bertz CT molecular complexity index is 616. The van der Waals surface area contributed by atoms with Crippen LogP contribution in [0.3, 0.4) is 0 Å². The average molecular weight is 343 g/mol. The molecule has 5 heteroatoms. The Kier molecular flexibility index (Phi) is 4.71. The van der Waals surface area contributed by atoms with Crippen LogP contribution in [0, 0.1) is 11.6 Å². The van der Waals surface area contributed by atoms with Gasteiger partial charge in [-0.15, -0.1) is 11.8 Å². The van der Waals surface area contributed by atoms with Gasteiger partial charge in [-0.2, -0.15) is 0 Å². The molecule has 0 aliphatic heterocycles. The number of benzene rings is 2. The first kappa shape index (κ1) is 14.2. The van der Waals surface area contributed by atoms with Gasteiger partial charge in [0.05, 0.1) is 5.75 Å². The lowest BCUT2D eigenvalue weighted by Gasteiger charge is -2.03. The number of carbonyl (C=O) groups is 1. The van der Waals surface area contributed by atoms with E-state index in [0.29, 0.717) is 5.56 Å². The molecule has 0 heterocycles. The Labute approximate surface area is 122 Å². The van der Waals surface area contributed by atoms with E-state index in [1.807, 2.05) is 6.07 Å². The summed E-state index contributed by atoms with van der Waals surface area (Å²) in [6.45, 7) is 0. The molecule has 0 atom stereocenters. The molecule has 0 aliphatic rings. The van der Waals surface area contributed by atoms with E-state index in [1.54, 1.807) is 18.2 Å². The van der Waals surface area contributed by atoms with Crippen LogP contribution in [-0.4, -0.2) is 11.5 Å². The smallest absolute Gasteiger partial charge is 0.173 e. The minimum atomic E-state index is -0.646. The van der Waals surface area contributed by atoms with Crippen LogP contribution in [0.4, 0.5) is 8.78 Å². The van der Waals surface area contributed by atoms with Crippen molar-refractivity contribution < 1.29 is 13.6 Å². The minimum Gasteiger partial charge on any atom is -0.293 e. The normalized spacial score (nSPS) is 10.5. The molecule has 0 aliphatic carbocycles. The van der Waals surface area contributed by atoms with Crippen molar-refractivity contribution in [1.82, 2.24) is 0 Å². The van der Waals surface area contributed by atoms with Crippen LogP contribution in [0.25, 0.3) is 0 Å². The molecule has 0 radical (unpaired) electrons. The van der Waals surface area contributed by atoms with E-state index in [9.17, 15) is 13.6 Å². The second-order valence-electron chi connectivity index (χ2n) is 3.80. The maximum Gasteiger partial charge on any atom is 0.173 e. The van der Waals surface area contributed by atoms with Gasteiger partial charge in [0.25, 0.3) is 0 Å². The molecule has 98 valence electrons. The first-order valence-corrected chi connectivity index (χ1v) is 7.21. The zero-order valence-corrected chi connectivity index (χ0v) is 12.1. The quantitative estimate of drug-likeness (QED) is 0.591. The van der Waals surface area contributed by atoms with Crippen LogP contribution in [0.15, 0.2) is 51.8 Å². The Hall–Kier alpha value is -1.20. The number of rotatable bonds is 4. The van der Waals surface area contributed by atoms with Crippen LogP contribution < -0.4 is 0 Å². The lowest BCUT2D eigenvalue weighted by Crippen LogP contribution is -2.02. The molecule has 0 aromatic heterocycles. The fourth-order valence-corrected chi connectivity index (χ4v) is 2.69. The Morgan fingerprint density at radius 1 is 1.16 bits per heavy atom. The topological polar surface area (TPSA) is 17.1 Å². The van der Waals surface area contributed by atoms with E-state index in [4.69, 9.17) is 0 Å². The molecule has 19 heavy (non-hydrogen) atoms.